The third-order valence-corrected chi connectivity index (χ3v) is 4.02. The normalized spacial score (nSPS) is 14.5. The minimum atomic E-state index is -0.639. The molecule has 0 spiro atoms. The number of benzene rings is 1. The lowest BCUT2D eigenvalue weighted by atomic mass is 9.87. The second kappa shape index (κ2) is 7.95. The molecule has 4 heteroatoms. The van der Waals surface area contributed by atoms with E-state index in [0.29, 0.717) is 0 Å². The molecular weight excluding hydrogens is 288 g/mol. The van der Waals surface area contributed by atoms with Gasteiger partial charge in [0.2, 0.25) is 11.8 Å². The molecule has 0 bridgehead atoms. The van der Waals surface area contributed by atoms with Crippen LogP contribution < -0.4 is 11.1 Å². The highest BCUT2D eigenvalue weighted by Crippen LogP contribution is 2.22. The van der Waals surface area contributed by atoms with Crippen LogP contribution >= 0.6 is 0 Å². The highest BCUT2D eigenvalue weighted by atomic mass is 16.2. The Bertz CT molecular complexity index is 568. The van der Waals surface area contributed by atoms with Gasteiger partial charge in [-0.15, -0.1) is 0 Å². The molecular formula is C19H28N2O2. The topological polar surface area (TPSA) is 72.2 Å². The highest BCUT2D eigenvalue weighted by molar-refractivity contribution is 5.95. The molecule has 0 heterocycles. The largest absolute Gasteiger partial charge is 0.368 e. The molecule has 2 atom stereocenters. The molecule has 23 heavy (non-hydrogen) atoms. The number of nitrogens with two attached hydrogens (primary N) is 1. The molecule has 0 radical (unpaired) electrons. The van der Waals surface area contributed by atoms with Crippen LogP contribution in [0.1, 0.15) is 52.2 Å². The minimum absolute atomic E-state index is 0.0101. The van der Waals surface area contributed by atoms with Crippen molar-refractivity contribution >= 4 is 17.9 Å². The second-order valence-electron chi connectivity index (χ2n) is 6.98. The van der Waals surface area contributed by atoms with E-state index in [1.165, 1.54) is 11.6 Å². The number of hydrogen-bond donors (Lipinski definition) is 2. The van der Waals surface area contributed by atoms with Crippen LogP contribution in [0, 0.1) is 5.92 Å². The predicted octanol–water partition coefficient (Wildman–Crippen LogP) is 3.01. The number of rotatable bonds is 6. The summed E-state index contributed by atoms with van der Waals surface area (Å²) in [6.07, 6.45) is 3.94. The Labute approximate surface area is 139 Å². The van der Waals surface area contributed by atoms with E-state index in [0.717, 1.165) is 12.0 Å². The van der Waals surface area contributed by atoms with Crippen LogP contribution in [0.25, 0.3) is 6.08 Å². The average Bonchev–Trinajstić information content (AvgIpc) is 2.49. The molecule has 2 amide bonds. The second-order valence-corrected chi connectivity index (χ2v) is 6.98. The average molecular weight is 316 g/mol. The molecule has 1 aromatic carbocycles. The summed E-state index contributed by atoms with van der Waals surface area (Å²) >= 11 is 0. The van der Waals surface area contributed by atoms with Crippen LogP contribution in [0.4, 0.5) is 0 Å². The van der Waals surface area contributed by atoms with Gasteiger partial charge in [0.25, 0.3) is 0 Å². The van der Waals surface area contributed by atoms with Gasteiger partial charge in [-0.05, 0) is 28.5 Å². The van der Waals surface area contributed by atoms with Crippen molar-refractivity contribution in [1.82, 2.24) is 5.32 Å². The zero-order valence-corrected chi connectivity index (χ0v) is 14.7. The van der Waals surface area contributed by atoms with Crippen molar-refractivity contribution in [3.05, 3.63) is 41.5 Å². The summed E-state index contributed by atoms with van der Waals surface area (Å²) in [4.78, 5) is 23.4. The van der Waals surface area contributed by atoms with E-state index in [2.05, 4.69) is 38.2 Å². The molecule has 1 aromatic rings. The molecule has 3 N–H and O–H groups in total. The van der Waals surface area contributed by atoms with Gasteiger partial charge < -0.3 is 11.1 Å². The fourth-order valence-corrected chi connectivity index (χ4v) is 2.20. The Morgan fingerprint density at radius 3 is 2.22 bits per heavy atom. The number of amides is 2. The molecule has 0 aliphatic heterocycles. The molecule has 2 unspecified atom stereocenters. The van der Waals surface area contributed by atoms with E-state index >= 15 is 0 Å². The first kappa shape index (κ1) is 18.9. The van der Waals surface area contributed by atoms with E-state index in [4.69, 9.17) is 5.73 Å². The van der Waals surface area contributed by atoms with Crippen molar-refractivity contribution < 1.29 is 9.59 Å². The first-order valence-electron chi connectivity index (χ1n) is 8.03. The summed E-state index contributed by atoms with van der Waals surface area (Å²) < 4.78 is 0. The van der Waals surface area contributed by atoms with E-state index in [9.17, 15) is 9.59 Å². The Hall–Kier alpha value is -2.10. The van der Waals surface area contributed by atoms with Crippen LogP contribution in [0.2, 0.25) is 0 Å². The number of hydrogen-bond acceptors (Lipinski definition) is 2. The highest BCUT2D eigenvalue weighted by Gasteiger charge is 2.22. The standard InChI is InChI=1S/C19H28N2O2/c1-6-13(2)17(18(20)23)21-16(22)12-9-14-7-10-15(11-8-14)19(3,4)5/h7-13,17H,6H2,1-5H3,(H2,20,23)(H,21,22)/b12-9+. The van der Waals surface area contributed by atoms with Crippen molar-refractivity contribution in [2.45, 2.75) is 52.5 Å². The molecule has 0 fully saturated rings. The lowest BCUT2D eigenvalue weighted by Gasteiger charge is -2.20. The molecule has 4 nitrogen and oxygen atoms in total. The number of carbonyl (C=O) groups is 2. The third kappa shape index (κ3) is 5.89. The minimum Gasteiger partial charge on any atom is -0.368 e. The van der Waals surface area contributed by atoms with Gasteiger partial charge in [0, 0.05) is 6.08 Å². The van der Waals surface area contributed by atoms with Gasteiger partial charge in [-0.1, -0.05) is 65.3 Å². The van der Waals surface area contributed by atoms with Crippen molar-refractivity contribution in [2.75, 3.05) is 0 Å². The van der Waals surface area contributed by atoms with Crippen molar-refractivity contribution in [1.29, 1.82) is 0 Å². The Balaban J connectivity index is 2.73. The monoisotopic (exact) mass is 316 g/mol. The summed E-state index contributed by atoms with van der Waals surface area (Å²) in [5.41, 5.74) is 7.63. The number of nitrogens with one attached hydrogen (secondary N) is 1. The lowest BCUT2D eigenvalue weighted by molar-refractivity contribution is -0.126. The van der Waals surface area contributed by atoms with Crippen LogP contribution in [0.15, 0.2) is 30.3 Å². The molecule has 0 saturated carbocycles. The summed E-state index contributed by atoms with van der Waals surface area (Å²) in [6.45, 7) is 10.3. The van der Waals surface area contributed by atoms with Crippen molar-refractivity contribution in [3.63, 3.8) is 0 Å². The van der Waals surface area contributed by atoms with Gasteiger partial charge in [0.15, 0.2) is 0 Å². The van der Waals surface area contributed by atoms with Crippen LogP contribution in [0.3, 0.4) is 0 Å². The van der Waals surface area contributed by atoms with Gasteiger partial charge in [-0.25, -0.2) is 0 Å². The van der Waals surface area contributed by atoms with Gasteiger partial charge in [-0.2, -0.15) is 0 Å². The van der Waals surface area contributed by atoms with Gasteiger partial charge in [-0.3, -0.25) is 9.59 Å². The number of primary amides is 1. The zero-order valence-electron chi connectivity index (χ0n) is 14.7. The first-order valence-corrected chi connectivity index (χ1v) is 8.03. The summed E-state index contributed by atoms with van der Waals surface area (Å²) in [6, 6.07) is 7.43. The summed E-state index contributed by atoms with van der Waals surface area (Å²) in [5.74, 6) is -0.805. The SMILES string of the molecule is CCC(C)C(NC(=O)/C=C/c1ccc(C(C)(C)C)cc1)C(N)=O. The van der Waals surface area contributed by atoms with E-state index in [-0.39, 0.29) is 17.2 Å². The van der Waals surface area contributed by atoms with E-state index < -0.39 is 11.9 Å². The maximum Gasteiger partial charge on any atom is 0.244 e. The molecule has 1 rings (SSSR count). The molecule has 0 aliphatic rings. The fraction of sp³-hybridized carbons (Fsp3) is 0.474. The van der Waals surface area contributed by atoms with Crippen LogP contribution in [0.5, 0.6) is 0 Å². The van der Waals surface area contributed by atoms with Crippen LogP contribution in [-0.2, 0) is 15.0 Å². The Morgan fingerprint density at radius 1 is 1.22 bits per heavy atom. The van der Waals surface area contributed by atoms with E-state index in [1.54, 1.807) is 6.08 Å². The van der Waals surface area contributed by atoms with Gasteiger partial charge in [0.05, 0.1) is 0 Å². The van der Waals surface area contributed by atoms with E-state index in [1.807, 2.05) is 26.0 Å². The molecule has 0 aromatic heterocycles. The smallest absolute Gasteiger partial charge is 0.244 e. The lowest BCUT2D eigenvalue weighted by Crippen LogP contribution is -2.47. The third-order valence-electron chi connectivity index (χ3n) is 4.02. The Kier molecular flexibility index (Phi) is 6.55. The van der Waals surface area contributed by atoms with Crippen LogP contribution in [-0.4, -0.2) is 17.9 Å². The van der Waals surface area contributed by atoms with Crippen molar-refractivity contribution in [3.8, 4) is 0 Å². The predicted molar refractivity (Wildman–Crippen MR) is 94.8 cm³/mol. The first-order chi connectivity index (χ1) is 10.6. The summed E-state index contributed by atoms with van der Waals surface area (Å²) in [7, 11) is 0. The summed E-state index contributed by atoms with van der Waals surface area (Å²) in [5, 5.41) is 2.67. The van der Waals surface area contributed by atoms with Crippen molar-refractivity contribution in [2.24, 2.45) is 11.7 Å². The zero-order chi connectivity index (χ0) is 17.6. The maximum atomic E-state index is 12.0. The molecule has 0 aliphatic carbocycles. The molecule has 126 valence electrons. The maximum absolute atomic E-state index is 12.0. The number of carbonyl (C=O) groups excluding carboxylic acids is 2. The quantitative estimate of drug-likeness (QED) is 0.792. The van der Waals surface area contributed by atoms with Gasteiger partial charge in [0.1, 0.15) is 6.04 Å². The Morgan fingerprint density at radius 2 is 1.78 bits per heavy atom. The molecule has 0 saturated heterocycles. The van der Waals surface area contributed by atoms with Gasteiger partial charge >= 0.3 is 0 Å². The fourth-order valence-electron chi connectivity index (χ4n) is 2.20.